The van der Waals surface area contributed by atoms with E-state index in [4.69, 9.17) is 9.51 Å². The molecule has 0 bridgehead atoms. The molecule has 3 heterocycles. The Morgan fingerprint density at radius 3 is 2.28 bits per heavy atom. The van der Waals surface area contributed by atoms with Crippen molar-refractivity contribution in [1.29, 1.82) is 0 Å². The fourth-order valence-electron chi connectivity index (χ4n) is 3.03. The van der Waals surface area contributed by atoms with Gasteiger partial charge in [-0.3, -0.25) is 0 Å². The second kappa shape index (κ2) is 7.11. The third-order valence-electron chi connectivity index (χ3n) is 4.65. The molecule has 0 fully saturated rings. The molecule has 1 aromatic carbocycles. The molecular weight excluding hydrogens is 384 g/mol. The molecule has 0 saturated carbocycles. The summed E-state index contributed by atoms with van der Waals surface area (Å²) in [5.74, 6) is 2.11. The predicted molar refractivity (Wildman–Crippen MR) is 118 cm³/mol. The Bertz CT molecular complexity index is 1150. The molecule has 0 amide bonds. The van der Waals surface area contributed by atoms with Crippen LogP contribution in [0.15, 0.2) is 28.8 Å². The van der Waals surface area contributed by atoms with Crippen LogP contribution in [0.3, 0.4) is 0 Å². The second-order valence-corrected chi connectivity index (χ2v) is 9.05. The summed E-state index contributed by atoms with van der Waals surface area (Å²) < 4.78 is 5.22. The number of hydrogen-bond donors (Lipinski definition) is 2. The van der Waals surface area contributed by atoms with Gasteiger partial charge in [-0.25, -0.2) is 15.0 Å². The average Bonchev–Trinajstić information content (AvgIpc) is 3.19. The van der Waals surface area contributed by atoms with Crippen LogP contribution < -0.4 is 10.6 Å². The number of rotatable bonds is 4. The van der Waals surface area contributed by atoms with Gasteiger partial charge in [-0.2, -0.15) is 0 Å². The smallest absolute Gasteiger partial charge is 0.190 e. The van der Waals surface area contributed by atoms with Crippen molar-refractivity contribution in [2.45, 2.75) is 47.0 Å². The Labute approximate surface area is 173 Å². The van der Waals surface area contributed by atoms with Crippen molar-refractivity contribution in [2.24, 2.45) is 0 Å². The van der Waals surface area contributed by atoms with Crippen LogP contribution in [0, 0.1) is 20.8 Å². The maximum absolute atomic E-state index is 5.22. The lowest BCUT2D eigenvalue weighted by Crippen LogP contribution is -2.10. The first kappa shape index (κ1) is 19.3. The van der Waals surface area contributed by atoms with Gasteiger partial charge in [-0.05, 0) is 43.9 Å². The molecule has 0 saturated heterocycles. The van der Waals surface area contributed by atoms with E-state index in [-0.39, 0.29) is 5.41 Å². The summed E-state index contributed by atoms with van der Waals surface area (Å²) in [6.45, 7) is 12.3. The molecule has 0 radical (unpaired) electrons. The molecule has 0 unspecified atom stereocenters. The summed E-state index contributed by atoms with van der Waals surface area (Å²) in [5, 5.41) is 11.4. The van der Waals surface area contributed by atoms with Gasteiger partial charge in [0.1, 0.15) is 22.7 Å². The summed E-state index contributed by atoms with van der Waals surface area (Å²) in [6, 6.07) is 8.41. The summed E-state index contributed by atoms with van der Waals surface area (Å²) >= 11 is 1.47. The molecule has 29 heavy (non-hydrogen) atoms. The fraction of sp³-hybridized carbons (Fsp3) is 0.333. The Morgan fingerprint density at radius 1 is 0.931 bits per heavy atom. The molecule has 8 heteroatoms. The molecule has 3 aromatic heterocycles. The number of anilines is 4. The minimum absolute atomic E-state index is 0.116. The van der Waals surface area contributed by atoms with Gasteiger partial charge in [0.2, 0.25) is 0 Å². The quantitative estimate of drug-likeness (QED) is 0.442. The molecule has 0 spiro atoms. The Morgan fingerprint density at radius 2 is 1.66 bits per heavy atom. The molecule has 4 rings (SSSR count). The summed E-state index contributed by atoms with van der Waals surface area (Å²) in [6.07, 6.45) is 0. The number of aromatic nitrogens is 4. The van der Waals surface area contributed by atoms with E-state index in [1.807, 2.05) is 20.8 Å². The Kier molecular flexibility index (Phi) is 4.74. The molecule has 0 atom stereocenters. The molecular formula is C21H24N6OS. The first-order chi connectivity index (χ1) is 13.7. The van der Waals surface area contributed by atoms with Crippen molar-refractivity contribution in [3.63, 3.8) is 0 Å². The zero-order valence-corrected chi connectivity index (χ0v) is 18.2. The van der Waals surface area contributed by atoms with Crippen LogP contribution in [0.5, 0.6) is 0 Å². The van der Waals surface area contributed by atoms with E-state index < -0.39 is 0 Å². The fourth-order valence-corrected chi connectivity index (χ4v) is 3.92. The number of nitrogens with one attached hydrogen (secondary N) is 2. The first-order valence-electron chi connectivity index (χ1n) is 9.43. The highest BCUT2D eigenvalue weighted by atomic mass is 32.1. The summed E-state index contributed by atoms with van der Waals surface area (Å²) in [7, 11) is 0. The number of hydrogen-bond acceptors (Lipinski definition) is 8. The standard InChI is InChI=1S/C21H24N6OS/c1-11-16(12(2)28-27-11)25-20-26-17-18(22-13(3)23-19(17)29-20)24-15-9-7-14(8-10-15)21(4,5)6/h7-10H,1-6H3,(H,25,26)(H,22,23,24). The van der Waals surface area contributed by atoms with Crippen LogP contribution in [0.2, 0.25) is 0 Å². The van der Waals surface area contributed by atoms with Gasteiger partial charge in [0.15, 0.2) is 21.5 Å². The topological polar surface area (TPSA) is 88.8 Å². The molecule has 150 valence electrons. The van der Waals surface area contributed by atoms with Crippen LogP contribution in [-0.4, -0.2) is 20.1 Å². The van der Waals surface area contributed by atoms with Gasteiger partial charge in [0.05, 0.1) is 0 Å². The van der Waals surface area contributed by atoms with Crippen molar-refractivity contribution < 1.29 is 4.52 Å². The van der Waals surface area contributed by atoms with Crippen LogP contribution in [0.1, 0.15) is 43.6 Å². The van der Waals surface area contributed by atoms with E-state index in [1.165, 1.54) is 16.9 Å². The van der Waals surface area contributed by atoms with Crippen LogP contribution in [0.25, 0.3) is 10.3 Å². The maximum Gasteiger partial charge on any atom is 0.190 e. The predicted octanol–water partition coefficient (Wildman–Crippen LogP) is 5.78. The van der Waals surface area contributed by atoms with Crippen molar-refractivity contribution in [3.8, 4) is 0 Å². The highest BCUT2D eigenvalue weighted by Crippen LogP contribution is 2.33. The van der Waals surface area contributed by atoms with Gasteiger partial charge in [0.25, 0.3) is 0 Å². The zero-order chi connectivity index (χ0) is 20.8. The van der Waals surface area contributed by atoms with Gasteiger partial charge < -0.3 is 15.2 Å². The minimum atomic E-state index is 0.116. The van der Waals surface area contributed by atoms with Gasteiger partial charge in [-0.15, -0.1) is 0 Å². The second-order valence-electron chi connectivity index (χ2n) is 8.07. The van der Waals surface area contributed by atoms with E-state index in [1.54, 1.807) is 0 Å². The normalized spacial score (nSPS) is 11.8. The van der Waals surface area contributed by atoms with Gasteiger partial charge in [0, 0.05) is 5.69 Å². The van der Waals surface area contributed by atoms with E-state index >= 15 is 0 Å². The molecule has 0 aliphatic rings. The van der Waals surface area contributed by atoms with E-state index in [0.29, 0.717) is 11.6 Å². The number of benzene rings is 1. The van der Waals surface area contributed by atoms with E-state index in [9.17, 15) is 0 Å². The van der Waals surface area contributed by atoms with Gasteiger partial charge in [-0.1, -0.05) is 49.4 Å². The number of aryl methyl sites for hydroxylation is 3. The number of thiazole rings is 1. The number of nitrogens with zero attached hydrogens (tertiary/aromatic N) is 4. The Hall–Kier alpha value is -3.00. The van der Waals surface area contributed by atoms with Crippen LogP contribution >= 0.6 is 11.3 Å². The van der Waals surface area contributed by atoms with Crippen molar-refractivity contribution in [1.82, 2.24) is 20.1 Å². The molecule has 7 nitrogen and oxygen atoms in total. The highest BCUT2D eigenvalue weighted by Gasteiger charge is 2.17. The zero-order valence-electron chi connectivity index (χ0n) is 17.4. The van der Waals surface area contributed by atoms with Crippen molar-refractivity contribution in [2.75, 3.05) is 10.6 Å². The molecule has 2 N–H and O–H groups in total. The number of fused-ring (bicyclic) bond motifs is 1. The Balaban J connectivity index is 1.66. The van der Waals surface area contributed by atoms with E-state index in [2.05, 4.69) is 70.8 Å². The first-order valence-corrected chi connectivity index (χ1v) is 10.2. The third kappa shape index (κ3) is 3.93. The van der Waals surface area contributed by atoms with Crippen LogP contribution in [0.4, 0.5) is 22.3 Å². The summed E-state index contributed by atoms with van der Waals surface area (Å²) in [5.41, 5.74) is 4.72. The average molecular weight is 409 g/mol. The largest absolute Gasteiger partial charge is 0.359 e. The lowest BCUT2D eigenvalue weighted by molar-refractivity contribution is 0.393. The van der Waals surface area contributed by atoms with Crippen LogP contribution in [-0.2, 0) is 5.41 Å². The van der Waals surface area contributed by atoms with Crippen molar-refractivity contribution in [3.05, 3.63) is 47.1 Å². The van der Waals surface area contributed by atoms with E-state index in [0.717, 1.165) is 38.3 Å². The molecule has 0 aliphatic carbocycles. The third-order valence-corrected chi connectivity index (χ3v) is 5.51. The van der Waals surface area contributed by atoms with Crippen molar-refractivity contribution >= 4 is 44.0 Å². The maximum atomic E-state index is 5.22. The monoisotopic (exact) mass is 408 g/mol. The molecule has 4 aromatic rings. The summed E-state index contributed by atoms with van der Waals surface area (Å²) in [4.78, 5) is 14.7. The minimum Gasteiger partial charge on any atom is -0.359 e. The SMILES string of the molecule is Cc1nc(Nc2ccc(C(C)(C)C)cc2)c2nc(Nc3c(C)noc3C)sc2n1. The molecule has 0 aliphatic heterocycles. The highest BCUT2D eigenvalue weighted by molar-refractivity contribution is 7.21. The lowest BCUT2D eigenvalue weighted by atomic mass is 9.87. The van der Waals surface area contributed by atoms with Gasteiger partial charge >= 0.3 is 0 Å². The lowest BCUT2D eigenvalue weighted by Gasteiger charge is -2.19.